The maximum atomic E-state index is 4.56. The van der Waals surface area contributed by atoms with Crippen LogP contribution in [0.15, 0.2) is 29.6 Å². The van der Waals surface area contributed by atoms with Gasteiger partial charge in [-0.05, 0) is 42.3 Å². The molecule has 68 valence electrons. The lowest BCUT2D eigenvalue weighted by Crippen LogP contribution is -2.06. The van der Waals surface area contributed by atoms with E-state index in [-0.39, 0.29) is 4.75 Å². The lowest BCUT2D eigenvalue weighted by molar-refractivity contribution is 0.793. The van der Waals surface area contributed by atoms with Crippen LogP contribution >= 0.6 is 24.0 Å². The van der Waals surface area contributed by atoms with Crippen LogP contribution in [-0.4, -0.2) is 0 Å². The van der Waals surface area contributed by atoms with Gasteiger partial charge in [0.05, 0.1) is 0 Å². The number of fused-ring (bicyclic) bond motifs is 1. The topological polar surface area (TPSA) is 0 Å². The molecule has 0 radical (unpaired) electrons. The van der Waals surface area contributed by atoms with Gasteiger partial charge < -0.3 is 0 Å². The van der Waals surface area contributed by atoms with E-state index in [1.165, 1.54) is 15.6 Å². The van der Waals surface area contributed by atoms with Crippen molar-refractivity contribution in [2.75, 3.05) is 0 Å². The first-order valence-corrected chi connectivity index (χ1v) is 5.60. The summed E-state index contributed by atoms with van der Waals surface area (Å²) in [6.45, 7) is 4.23. The van der Waals surface area contributed by atoms with E-state index < -0.39 is 0 Å². The highest BCUT2D eigenvalue weighted by molar-refractivity contribution is 7.81. The van der Waals surface area contributed by atoms with Crippen LogP contribution in [0.3, 0.4) is 0 Å². The fourth-order valence-corrected chi connectivity index (χ4v) is 2.30. The number of benzene rings is 1. The summed E-state index contributed by atoms with van der Waals surface area (Å²) >= 11 is 6.34. The van der Waals surface area contributed by atoms with Crippen LogP contribution in [0.25, 0.3) is 10.1 Å². The summed E-state index contributed by atoms with van der Waals surface area (Å²) in [7, 11) is 0. The third-order valence-corrected chi connectivity index (χ3v) is 3.30. The molecule has 0 bridgehead atoms. The molecule has 2 rings (SSSR count). The van der Waals surface area contributed by atoms with Crippen molar-refractivity contribution in [3.05, 3.63) is 35.2 Å². The Kier molecular flexibility index (Phi) is 2.12. The highest BCUT2D eigenvalue weighted by Gasteiger charge is 2.14. The van der Waals surface area contributed by atoms with Gasteiger partial charge in [0.1, 0.15) is 0 Å². The fraction of sp³-hybridized carbons (Fsp3) is 0.273. The zero-order chi connectivity index (χ0) is 9.47. The monoisotopic (exact) mass is 208 g/mol. The van der Waals surface area contributed by atoms with E-state index in [1.807, 2.05) is 0 Å². The molecule has 1 aromatic heterocycles. The third kappa shape index (κ3) is 1.74. The van der Waals surface area contributed by atoms with Crippen LogP contribution in [0.5, 0.6) is 0 Å². The zero-order valence-corrected chi connectivity index (χ0v) is 9.45. The van der Waals surface area contributed by atoms with Crippen LogP contribution < -0.4 is 0 Å². The summed E-state index contributed by atoms with van der Waals surface area (Å²) in [5.74, 6) is 0. The number of hydrogen-bond donors (Lipinski definition) is 1. The molecule has 0 aliphatic heterocycles. The smallest absolute Gasteiger partial charge is 0.0345 e. The minimum atomic E-state index is -0.0435. The minimum absolute atomic E-state index is 0.0435. The van der Waals surface area contributed by atoms with E-state index in [9.17, 15) is 0 Å². The molecule has 0 atom stereocenters. The van der Waals surface area contributed by atoms with Gasteiger partial charge >= 0.3 is 0 Å². The van der Waals surface area contributed by atoms with Gasteiger partial charge in [0.15, 0.2) is 0 Å². The Balaban J connectivity index is 2.61. The SMILES string of the molecule is CC(C)(S)c1ccc2ccsc2c1. The van der Waals surface area contributed by atoms with Crippen molar-refractivity contribution in [3.8, 4) is 0 Å². The third-order valence-electron chi connectivity index (χ3n) is 2.16. The largest absolute Gasteiger partial charge is 0.168 e. The molecule has 0 aliphatic rings. The standard InChI is InChI=1S/C11H12S2/c1-11(2,12)9-4-3-8-5-6-13-10(8)7-9/h3-7,12H,1-2H3. The maximum absolute atomic E-state index is 4.56. The second kappa shape index (κ2) is 3.03. The summed E-state index contributed by atoms with van der Waals surface area (Å²) in [5.41, 5.74) is 1.28. The van der Waals surface area contributed by atoms with Gasteiger partial charge in [-0.3, -0.25) is 0 Å². The minimum Gasteiger partial charge on any atom is -0.168 e. The molecule has 0 nitrogen and oxygen atoms in total. The molecular formula is C11H12S2. The number of thiophene rings is 1. The number of thiol groups is 1. The molecule has 1 aromatic carbocycles. The average Bonchev–Trinajstić information content (AvgIpc) is 2.47. The molecule has 2 aromatic rings. The van der Waals surface area contributed by atoms with E-state index in [0.29, 0.717) is 0 Å². The summed E-state index contributed by atoms with van der Waals surface area (Å²) in [4.78, 5) is 0. The van der Waals surface area contributed by atoms with Crippen molar-refractivity contribution in [1.82, 2.24) is 0 Å². The van der Waals surface area contributed by atoms with Gasteiger partial charge in [-0.25, -0.2) is 0 Å². The first kappa shape index (κ1) is 9.10. The molecule has 0 unspecified atom stereocenters. The van der Waals surface area contributed by atoms with Crippen molar-refractivity contribution in [2.24, 2.45) is 0 Å². The Morgan fingerprint density at radius 2 is 2.00 bits per heavy atom. The average molecular weight is 208 g/mol. The Morgan fingerprint density at radius 3 is 2.69 bits per heavy atom. The molecule has 1 heterocycles. The first-order chi connectivity index (χ1) is 6.07. The highest BCUT2D eigenvalue weighted by Crippen LogP contribution is 2.31. The van der Waals surface area contributed by atoms with E-state index in [0.717, 1.165) is 0 Å². The van der Waals surface area contributed by atoms with Crippen molar-refractivity contribution < 1.29 is 0 Å². The van der Waals surface area contributed by atoms with Gasteiger partial charge in [-0.2, -0.15) is 12.6 Å². The summed E-state index contributed by atoms with van der Waals surface area (Å²) < 4.78 is 1.30. The van der Waals surface area contributed by atoms with Gasteiger partial charge in [-0.1, -0.05) is 12.1 Å². The van der Waals surface area contributed by atoms with Crippen LogP contribution in [0.1, 0.15) is 19.4 Å². The maximum Gasteiger partial charge on any atom is 0.0345 e. The van der Waals surface area contributed by atoms with Crippen molar-refractivity contribution in [2.45, 2.75) is 18.6 Å². The Morgan fingerprint density at radius 1 is 1.23 bits per heavy atom. The number of hydrogen-bond acceptors (Lipinski definition) is 2. The predicted octanol–water partition coefficient (Wildman–Crippen LogP) is 4.07. The first-order valence-electron chi connectivity index (χ1n) is 4.27. The van der Waals surface area contributed by atoms with E-state index >= 15 is 0 Å². The Bertz CT molecular complexity index is 421. The quantitative estimate of drug-likeness (QED) is 0.671. The Labute approximate surface area is 88.0 Å². The van der Waals surface area contributed by atoms with E-state index in [1.54, 1.807) is 11.3 Å². The van der Waals surface area contributed by atoms with E-state index in [2.05, 4.69) is 56.1 Å². The van der Waals surface area contributed by atoms with Crippen LogP contribution in [0.4, 0.5) is 0 Å². The number of rotatable bonds is 1. The lowest BCUT2D eigenvalue weighted by Gasteiger charge is -2.17. The van der Waals surface area contributed by atoms with Gasteiger partial charge in [-0.15, -0.1) is 11.3 Å². The summed E-state index contributed by atoms with van der Waals surface area (Å²) in [5, 5.41) is 3.45. The second-order valence-corrected chi connectivity index (χ2v) is 5.80. The normalized spacial score (nSPS) is 12.2. The molecule has 2 heteroatoms. The summed E-state index contributed by atoms with van der Waals surface area (Å²) in [6, 6.07) is 8.70. The lowest BCUT2D eigenvalue weighted by atomic mass is 10.0. The van der Waals surface area contributed by atoms with Crippen LogP contribution in [-0.2, 0) is 4.75 Å². The zero-order valence-electron chi connectivity index (χ0n) is 7.74. The fourth-order valence-electron chi connectivity index (χ4n) is 1.34. The molecular weight excluding hydrogens is 196 g/mol. The molecule has 0 aliphatic carbocycles. The van der Waals surface area contributed by atoms with Gasteiger partial charge in [0.25, 0.3) is 0 Å². The second-order valence-electron chi connectivity index (χ2n) is 3.73. The van der Waals surface area contributed by atoms with Crippen LogP contribution in [0.2, 0.25) is 0 Å². The Hall–Kier alpha value is -0.470. The van der Waals surface area contributed by atoms with Gasteiger partial charge in [0.2, 0.25) is 0 Å². The summed E-state index contributed by atoms with van der Waals surface area (Å²) in [6.07, 6.45) is 0. The van der Waals surface area contributed by atoms with E-state index in [4.69, 9.17) is 0 Å². The molecule has 0 fully saturated rings. The molecule has 0 N–H and O–H groups in total. The van der Waals surface area contributed by atoms with Crippen LogP contribution in [0, 0.1) is 0 Å². The molecule has 0 spiro atoms. The molecule has 0 saturated heterocycles. The molecule has 13 heavy (non-hydrogen) atoms. The van der Waals surface area contributed by atoms with Gasteiger partial charge in [0, 0.05) is 9.45 Å². The van der Waals surface area contributed by atoms with Crippen molar-refractivity contribution in [3.63, 3.8) is 0 Å². The molecule has 0 amide bonds. The van der Waals surface area contributed by atoms with Crippen molar-refractivity contribution >= 4 is 34.1 Å². The molecule has 0 saturated carbocycles. The van der Waals surface area contributed by atoms with Crippen molar-refractivity contribution in [1.29, 1.82) is 0 Å². The highest BCUT2D eigenvalue weighted by atomic mass is 32.1. The predicted molar refractivity (Wildman–Crippen MR) is 63.8 cm³/mol.